The third-order valence-corrected chi connectivity index (χ3v) is 3.13. The predicted octanol–water partition coefficient (Wildman–Crippen LogP) is 2.71. The zero-order chi connectivity index (χ0) is 16.3. The van der Waals surface area contributed by atoms with Gasteiger partial charge in [-0.15, -0.1) is 0 Å². The van der Waals surface area contributed by atoms with Crippen LogP contribution in [0.3, 0.4) is 0 Å². The lowest BCUT2D eigenvalue weighted by atomic mass is 10.1. The van der Waals surface area contributed by atoms with Gasteiger partial charge in [-0.25, -0.2) is 4.39 Å². The second-order valence-electron chi connectivity index (χ2n) is 4.71. The van der Waals surface area contributed by atoms with Crippen LogP contribution in [0.1, 0.15) is 15.9 Å². The summed E-state index contributed by atoms with van der Waals surface area (Å²) in [6, 6.07) is 9.08. The molecule has 2 rings (SSSR count). The predicted molar refractivity (Wildman–Crippen MR) is 77.0 cm³/mol. The molecule has 114 valence electrons. The summed E-state index contributed by atoms with van der Waals surface area (Å²) in [5, 5.41) is 20.6. The Morgan fingerprint density at radius 1 is 1.32 bits per heavy atom. The number of para-hydroxylation sites is 1. The first kappa shape index (κ1) is 15.4. The van der Waals surface area contributed by atoms with Gasteiger partial charge in [-0.05, 0) is 18.2 Å². The lowest BCUT2D eigenvalue weighted by Gasteiger charge is -2.18. The zero-order valence-electron chi connectivity index (χ0n) is 11.7. The number of phenolic OH excluding ortho intramolecular Hbond substituents is 1. The van der Waals surface area contributed by atoms with Gasteiger partial charge in [0.25, 0.3) is 11.6 Å². The van der Waals surface area contributed by atoms with Gasteiger partial charge in [-0.3, -0.25) is 14.9 Å². The van der Waals surface area contributed by atoms with Crippen molar-refractivity contribution in [2.45, 2.75) is 6.54 Å². The second-order valence-corrected chi connectivity index (χ2v) is 4.71. The van der Waals surface area contributed by atoms with E-state index in [1.807, 2.05) is 0 Å². The molecule has 0 aliphatic carbocycles. The number of hydrogen-bond donors (Lipinski definition) is 1. The van der Waals surface area contributed by atoms with Gasteiger partial charge in [0.05, 0.1) is 17.0 Å². The summed E-state index contributed by atoms with van der Waals surface area (Å²) in [5.41, 5.74) is 0.0472. The minimum atomic E-state index is -0.653. The van der Waals surface area contributed by atoms with Crippen LogP contribution in [0.5, 0.6) is 5.75 Å². The van der Waals surface area contributed by atoms with E-state index in [2.05, 4.69) is 0 Å². The first-order chi connectivity index (χ1) is 10.4. The molecule has 0 unspecified atom stereocenters. The summed E-state index contributed by atoms with van der Waals surface area (Å²) >= 11 is 0. The van der Waals surface area contributed by atoms with Crippen molar-refractivity contribution in [2.75, 3.05) is 7.05 Å². The van der Waals surface area contributed by atoms with E-state index in [4.69, 9.17) is 0 Å². The molecule has 7 heteroatoms. The number of nitrogens with zero attached hydrogens (tertiary/aromatic N) is 2. The third kappa shape index (κ3) is 3.20. The number of phenols is 1. The number of carbonyl (C=O) groups excluding carboxylic acids is 1. The second kappa shape index (κ2) is 6.21. The van der Waals surface area contributed by atoms with E-state index in [0.29, 0.717) is 5.56 Å². The van der Waals surface area contributed by atoms with E-state index in [1.54, 1.807) is 6.07 Å². The van der Waals surface area contributed by atoms with Crippen molar-refractivity contribution in [3.63, 3.8) is 0 Å². The molecule has 6 nitrogen and oxygen atoms in total. The summed E-state index contributed by atoms with van der Waals surface area (Å²) < 4.78 is 13.2. The van der Waals surface area contributed by atoms with E-state index >= 15 is 0 Å². The molecule has 0 aliphatic heterocycles. The lowest BCUT2D eigenvalue weighted by molar-refractivity contribution is -0.385. The van der Waals surface area contributed by atoms with Gasteiger partial charge in [0.1, 0.15) is 11.6 Å². The number of aromatic hydroxyl groups is 1. The fourth-order valence-electron chi connectivity index (χ4n) is 2.04. The number of hydrogen-bond acceptors (Lipinski definition) is 4. The van der Waals surface area contributed by atoms with Gasteiger partial charge in [0.15, 0.2) is 0 Å². The van der Waals surface area contributed by atoms with Crippen molar-refractivity contribution in [1.29, 1.82) is 0 Å². The van der Waals surface area contributed by atoms with Crippen molar-refractivity contribution in [2.24, 2.45) is 0 Å². The van der Waals surface area contributed by atoms with Crippen LogP contribution in [0, 0.1) is 15.9 Å². The molecule has 1 N–H and O–H groups in total. The highest BCUT2D eigenvalue weighted by Crippen LogP contribution is 2.23. The largest absolute Gasteiger partial charge is 0.507 e. The van der Waals surface area contributed by atoms with E-state index in [0.717, 1.165) is 18.2 Å². The maximum Gasteiger partial charge on any atom is 0.274 e. The van der Waals surface area contributed by atoms with Crippen LogP contribution in [0.2, 0.25) is 0 Å². The normalized spacial score (nSPS) is 10.3. The van der Waals surface area contributed by atoms with Crippen molar-refractivity contribution in [3.8, 4) is 5.75 Å². The zero-order valence-corrected chi connectivity index (χ0v) is 11.7. The van der Waals surface area contributed by atoms with E-state index < -0.39 is 16.6 Å². The van der Waals surface area contributed by atoms with Crippen molar-refractivity contribution in [3.05, 3.63) is 69.5 Å². The van der Waals surface area contributed by atoms with Crippen molar-refractivity contribution in [1.82, 2.24) is 4.90 Å². The maximum atomic E-state index is 13.2. The fraction of sp³-hybridized carbons (Fsp3) is 0.133. The molecule has 0 spiro atoms. The fourth-order valence-corrected chi connectivity index (χ4v) is 2.04. The number of benzene rings is 2. The maximum absolute atomic E-state index is 13.2. The smallest absolute Gasteiger partial charge is 0.274 e. The standard InChI is InChI=1S/C15H13FN2O4/c1-17(9-10-4-2-3-5-13(10)18(21)22)15(20)12-8-11(16)6-7-14(12)19/h2-8,19H,9H2,1H3. The molecule has 2 aromatic carbocycles. The number of rotatable bonds is 4. The highest BCUT2D eigenvalue weighted by Gasteiger charge is 2.20. The molecule has 0 heterocycles. The third-order valence-electron chi connectivity index (χ3n) is 3.13. The molecule has 0 aliphatic rings. The van der Waals surface area contributed by atoms with Crippen LogP contribution in [-0.2, 0) is 6.54 Å². The Hall–Kier alpha value is -2.96. The molecular weight excluding hydrogens is 291 g/mol. The molecule has 0 bridgehead atoms. The summed E-state index contributed by atoms with van der Waals surface area (Å²) in [5.74, 6) is -1.63. The van der Waals surface area contributed by atoms with Crippen molar-refractivity contribution >= 4 is 11.6 Å². The number of carbonyl (C=O) groups is 1. The summed E-state index contributed by atoms with van der Waals surface area (Å²) in [6.45, 7) is -0.0358. The number of amides is 1. The van der Waals surface area contributed by atoms with Gasteiger partial charge in [0.2, 0.25) is 0 Å². The summed E-state index contributed by atoms with van der Waals surface area (Å²) in [4.78, 5) is 23.8. The molecule has 0 saturated heterocycles. The molecule has 0 saturated carbocycles. The molecule has 0 aromatic heterocycles. The van der Waals surface area contributed by atoms with Gasteiger partial charge in [-0.1, -0.05) is 18.2 Å². The topological polar surface area (TPSA) is 83.7 Å². The van der Waals surface area contributed by atoms with Gasteiger partial charge in [-0.2, -0.15) is 0 Å². The monoisotopic (exact) mass is 304 g/mol. The number of nitro benzene ring substituents is 1. The highest BCUT2D eigenvalue weighted by molar-refractivity contribution is 5.96. The first-order valence-electron chi connectivity index (χ1n) is 6.36. The Morgan fingerprint density at radius 2 is 2.00 bits per heavy atom. The van der Waals surface area contributed by atoms with Gasteiger partial charge >= 0.3 is 0 Å². The molecule has 0 fully saturated rings. The molecular formula is C15H13FN2O4. The molecule has 1 amide bonds. The van der Waals surface area contributed by atoms with Gasteiger partial charge < -0.3 is 10.0 Å². The van der Waals surface area contributed by atoms with E-state index in [1.165, 1.54) is 30.1 Å². The summed E-state index contributed by atoms with van der Waals surface area (Å²) in [7, 11) is 1.42. The number of nitro groups is 1. The van der Waals surface area contributed by atoms with Crippen LogP contribution in [0.15, 0.2) is 42.5 Å². The molecule has 2 aromatic rings. The van der Waals surface area contributed by atoms with Gasteiger partial charge in [0, 0.05) is 18.7 Å². The average Bonchev–Trinajstić information content (AvgIpc) is 2.49. The average molecular weight is 304 g/mol. The Kier molecular flexibility index (Phi) is 4.36. The molecule has 0 radical (unpaired) electrons. The van der Waals surface area contributed by atoms with Crippen molar-refractivity contribution < 1.29 is 19.2 Å². The quantitative estimate of drug-likeness (QED) is 0.695. The Morgan fingerprint density at radius 3 is 2.68 bits per heavy atom. The van der Waals surface area contributed by atoms with E-state index in [-0.39, 0.29) is 23.5 Å². The molecule has 22 heavy (non-hydrogen) atoms. The van der Waals surface area contributed by atoms with Crippen LogP contribution < -0.4 is 0 Å². The van der Waals surface area contributed by atoms with Crippen LogP contribution >= 0.6 is 0 Å². The Balaban J connectivity index is 2.26. The number of halogens is 1. The Bertz CT molecular complexity index is 733. The summed E-state index contributed by atoms with van der Waals surface area (Å²) in [6.07, 6.45) is 0. The van der Waals surface area contributed by atoms with Crippen LogP contribution in [0.4, 0.5) is 10.1 Å². The molecule has 0 atom stereocenters. The van der Waals surface area contributed by atoms with Crippen LogP contribution in [0.25, 0.3) is 0 Å². The highest BCUT2D eigenvalue weighted by atomic mass is 19.1. The van der Waals surface area contributed by atoms with E-state index in [9.17, 15) is 24.4 Å². The lowest BCUT2D eigenvalue weighted by Crippen LogP contribution is -2.26. The Labute approximate surface area is 125 Å². The minimum absolute atomic E-state index is 0.0358. The minimum Gasteiger partial charge on any atom is -0.507 e. The van der Waals surface area contributed by atoms with Crippen LogP contribution in [-0.4, -0.2) is 27.9 Å². The SMILES string of the molecule is CN(Cc1ccccc1[N+](=O)[O-])C(=O)c1cc(F)ccc1O. The first-order valence-corrected chi connectivity index (χ1v) is 6.36.